The lowest BCUT2D eigenvalue weighted by atomic mass is 10.3. The molecule has 2 aromatic rings. The first-order chi connectivity index (χ1) is 11.5. The minimum absolute atomic E-state index is 0.0671. The van der Waals surface area contributed by atoms with E-state index in [0.29, 0.717) is 6.54 Å². The highest BCUT2D eigenvalue weighted by atomic mass is 32.1. The maximum atomic E-state index is 12.4. The molecule has 1 aliphatic rings. The van der Waals surface area contributed by atoms with Crippen molar-refractivity contribution in [3.05, 3.63) is 50.1 Å². The van der Waals surface area contributed by atoms with E-state index in [0.717, 1.165) is 48.2 Å². The Hall–Kier alpha value is -1.99. The third kappa shape index (κ3) is 3.91. The maximum absolute atomic E-state index is 12.4. The van der Waals surface area contributed by atoms with E-state index in [9.17, 15) is 9.59 Å². The van der Waals surface area contributed by atoms with E-state index in [1.165, 1.54) is 4.68 Å². The Morgan fingerprint density at radius 3 is 2.50 bits per heavy atom. The van der Waals surface area contributed by atoms with Crippen LogP contribution in [0.3, 0.4) is 0 Å². The third-order valence-corrected chi connectivity index (χ3v) is 5.23. The van der Waals surface area contributed by atoms with Crippen molar-refractivity contribution in [3.8, 4) is 0 Å². The Morgan fingerprint density at radius 1 is 1.08 bits per heavy atom. The molecule has 0 bridgehead atoms. The first-order valence-corrected chi connectivity index (χ1v) is 8.97. The van der Waals surface area contributed by atoms with Crippen LogP contribution in [0.1, 0.15) is 20.2 Å². The van der Waals surface area contributed by atoms with Gasteiger partial charge in [-0.3, -0.25) is 14.5 Å². The first-order valence-electron chi connectivity index (χ1n) is 8.16. The molecule has 3 heterocycles. The summed E-state index contributed by atoms with van der Waals surface area (Å²) in [5.41, 5.74) is 0.777. The van der Waals surface area contributed by atoms with Crippen molar-refractivity contribution in [2.75, 3.05) is 32.7 Å². The third-order valence-electron chi connectivity index (χ3n) is 4.24. The first kappa shape index (κ1) is 16.9. The van der Waals surface area contributed by atoms with Crippen molar-refractivity contribution in [2.24, 2.45) is 0 Å². The van der Waals surface area contributed by atoms with Crippen LogP contribution in [0.4, 0.5) is 0 Å². The Labute approximate surface area is 145 Å². The van der Waals surface area contributed by atoms with Crippen LogP contribution in [0.5, 0.6) is 0 Å². The lowest BCUT2D eigenvalue weighted by molar-refractivity contribution is 0.0636. The second-order valence-corrected chi connectivity index (χ2v) is 7.37. The van der Waals surface area contributed by atoms with E-state index in [4.69, 9.17) is 0 Å². The zero-order valence-corrected chi connectivity index (χ0v) is 14.9. The van der Waals surface area contributed by atoms with Crippen LogP contribution in [0, 0.1) is 13.8 Å². The molecule has 0 aliphatic carbocycles. The Bertz CT molecular complexity index is 775. The van der Waals surface area contributed by atoms with Gasteiger partial charge in [0.1, 0.15) is 0 Å². The molecule has 1 amide bonds. The van der Waals surface area contributed by atoms with E-state index in [-0.39, 0.29) is 11.5 Å². The second-order valence-electron chi connectivity index (χ2n) is 6.08. The quantitative estimate of drug-likeness (QED) is 0.839. The SMILES string of the molecule is Cc1ccc(=O)n(CCN2CCN(C(=O)c3ccc(C)s3)CC2)n1. The Kier molecular flexibility index (Phi) is 5.11. The highest BCUT2D eigenvalue weighted by Crippen LogP contribution is 2.18. The topological polar surface area (TPSA) is 58.4 Å². The predicted octanol–water partition coefficient (Wildman–Crippen LogP) is 1.38. The molecule has 0 atom stereocenters. The van der Waals surface area contributed by atoms with Crippen molar-refractivity contribution in [1.82, 2.24) is 19.6 Å². The van der Waals surface area contributed by atoms with Crippen molar-refractivity contribution >= 4 is 17.2 Å². The van der Waals surface area contributed by atoms with Gasteiger partial charge in [-0.25, -0.2) is 4.68 Å². The van der Waals surface area contributed by atoms with E-state index >= 15 is 0 Å². The van der Waals surface area contributed by atoms with Gasteiger partial charge in [0.2, 0.25) is 0 Å². The number of aryl methyl sites for hydroxylation is 2. The van der Waals surface area contributed by atoms with E-state index < -0.39 is 0 Å². The average molecular weight is 346 g/mol. The molecule has 128 valence electrons. The highest BCUT2D eigenvalue weighted by Gasteiger charge is 2.22. The molecule has 1 saturated heterocycles. The standard InChI is InChI=1S/C17H22N4O2S/c1-13-3-6-16(22)21(18-13)12-9-19-7-10-20(11-8-19)17(23)15-5-4-14(2)24-15/h3-6H,7-12H2,1-2H3. The molecular weight excluding hydrogens is 324 g/mol. The number of carbonyl (C=O) groups is 1. The van der Waals surface area contributed by atoms with Crippen LogP contribution < -0.4 is 5.56 Å². The Morgan fingerprint density at radius 2 is 1.83 bits per heavy atom. The van der Waals surface area contributed by atoms with Crippen LogP contribution in [0.2, 0.25) is 0 Å². The van der Waals surface area contributed by atoms with Crippen LogP contribution in [0.15, 0.2) is 29.1 Å². The lowest BCUT2D eigenvalue weighted by Gasteiger charge is -2.34. The summed E-state index contributed by atoms with van der Waals surface area (Å²) in [6.07, 6.45) is 0. The van der Waals surface area contributed by atoms with E-state index in [1.54, 1.807) is 23.5 Å². The second kappa shape index (κ2) is 7.27. The number of rotatable bonds is 4. The molecule has 1 fully saturated rings. The zero-order chi connectivity index (χ0) is 17.1. The molecule has 0 aromatic carbocycles. The van der Waals surface area contributed by atoms with Crippen LogP contribution in [-0.4, -0.2) is 58.2 Å². The largest absolute Gasteiger partial charge is 0.335 e. The number of hydrogen-bond donors (Lipinski definition) is 0. The maximum Gasteiger partial charge on any atom is 0.266 e. The van der Waals surface area contributed by atoms with Gasteiger partial charge in [0.15, 0.2) is 0 Å². The van der Waals surface area contributed by atoms with Gasteiger partial charge in [-0.15, -0.1) is 11.3 Å². The van der Waals surface area contributed by atoms with Crippen LogP contribution in [0.25, 0.3) is 0 Å². The van der Waals surface area contributed by atoms with Crippen molar-refractivity contribution in [3.63, 3.8) is 0 Å². The molecule has 2 aromatic heterocycles. The molecule has 0 spiro atoms. The summed E-state index contributed by atoms with van der Waals surface area (Å²) in [4.78, 5) is 30.4. The van der Waals surface area contributed by atoms with Gasteiger partial charge < -0.3 is 4.90 Å². The number of nitrogens with zero attached hydrogens (tertiary/aromatic N) is 4. The molecule has 0 N–H and O–H groups in total. The summed E-state index contributed by atoms with van der Waals surface area (Å²) >= 11 is 1.55. The monoisotopic (exact) mass is 346 g/mol. The van der Waals surface area contributed by atoms with Crippen molar-refractivity contribution in [2.45, 2.75) is 20.4 Å². The fraction of sp³-hybridized carbons (Fsp3) is 0.471. The minimum atomic E-state index is -0.0671. The summed E-state index contributed by atoms with van der Waals surface area (Å²) in [6, 6.07) is 7.18. The molecule has 1 aliphatic heterocycles. The van der Waals surface area contributed by atoms with E-state index in [2.05, 4.69) is 10.00 Å². The smallest absolute Gasteiger partial charge is 0.266 e. The summed E-state index contributed by atoms with van der Waals surface area (Å²) < 4.78 is 1.52. The molecule has 0 unspecified atom stereocenters. The summed E-state index contributed by atoms with van der Waals surface area (Å²) in [5, 5.41) is 4.26. The van der Waals surface area contributed by atoms with Gasteiger partial charge in [-0.05, 0) is 32.0 Å². The van der Waals surface area contributed by atoms with Crippen LogP contribution in [-0.2, 0) is 6.54 Å². The summed E-state index contributed by atoms with van der Waals surface area (Å²) in [6.45, 7) is 8.37. The zero-order valence-electron chi connectivity index (χ0n) is 14.1. The minimum Gasteiger partial charge on any atom is -0.335 e. The summed E-state index contributed by atoms with van der Waals surface area (Å²) in [5.74, 6) is 0.129. The number of thiophene rings is 1. The van der Waals surface area contributed by atoms with Crippen molar-refractivity contribution < 1.29 is 4.79 Å². The lowest BCUT2D eigenvalue weighted by Crippen LogP contribution is -2.49. The molecule has 6 nitrogen and oxygen atoms in total. The number of carbonyl (C=O) groups excluding carboxylic acids is 1. The molecule has 24 heavy (non-hydrogen) atoms. The normalized spacial score (nSPS) is 15.7. The fourth-order valence-corrected chi connectivity index (χ4v) is 3.66. The van der Waals surface area contributed by atoms with Gasteiger partial charge in [0, 0.05) is 43.7 Å². The highest BCUT2D eigenvalue weighted by molar-refractivity contribution is 7.13. The molecule has 0 radical (unpaired) electrons. The fourth-order valence-electron chi connectivity index (χ4n) is 2.83. The molecule has 3 rings (SSSR count). The molecular formula is C17H22N4O2S. The number of amides is 1. The number of aromatic nitrogens is 2. The number of piperazine rings is 1. The summed E-state index contributed by atoms with van der Waals surface area (Å²) in [7, 11) is 0. The predicted molar refractivity (Wildman–Crippen MR) is 94.6 cm³/mol. The van der Waals surface area contributed by atoms with E-state index in [1.807, 2.05) is 30.9 Å². The Balaban J connectivity index is 1.51. The number of hydrogen-bond acceptors (Lipinski definition) is 5. The van der Waals surface area contributed by atoms with Gasteiger partial charge >= 0.3 is 0 Å². The van der Waals surface area contributed by atoms with Crippen molar-refractivity contribution in [1.29, 1.82) is 0 Å². The van der Waals surface area contributed by atoms with Gasteiger partial charge in [0.25, 0.3) is 11.5 Å². The van der Waals surface area contributed by atoms with Gasteiger partial charge in [-0.2, -0.15) is 5.10 Å². The van der Waals surface area contributed by atoms with Gasteiger partial charge in [0.05, 0.1) is 17.1 Å². The van der Waals surface area contributed by atoms with Crippen LogP contribution >= 0.6 is 11.3 Å². The van der Waals surface area contributed by atoms with Gasteiger partial charge in [-0.1, -0.05) is 0 Å². The molecule has 7 heteroatoms. The molecule has 0 saturated carbocycles. The average Bonchev–Trinajstić information content (AvgIpc) is 3.02.